The summed E-state index contributed by atoms with van der Waals surface area (Å²) >= 11 is 10.8. The van der Waals surface area contributed by atoms with Crippen LogP contribution < -0.4 is 0 Å². The molecule has 0 atom stereocenters. The van der Waals surface area contributed by atoms with Crippen LogP contribution in [0.15, 0.2) is 12.3 Å². The van der Waals surface area contributed by atoms with Gasteiger partial charge in [-0.2, -0.15) is 0 Å². The summed E-state index contributed by atoms with van der Waals surface area (Å²) in [7, 11) is 0. The lowest BCUT2D eigenvalue weighted by Crippen LogP contribution is -1.86. The maximum absolute atomic E-state index is 11.9. The summed E-state index contributed by atoms with van der Waals surface area (Å²) in [5.74, 6) is 0. The highest BCUT2D eigenvalue weighted by molar-refractivity contribution is 6.41. The molecular formula is C8H9Cl2F2N. The van der Waals surface area contributed by atoms with E-state index in [2.05, 4.69) is 4.98 Å². The maximum atomic E-state index is 11.9. The van der Waals surface area contributed by atoms with Gasteiger partial charge >= 0.3 is 0 Å². The van der Waals surface area contributed by atoms with Gasteiger partial charge in [0.2, 0.25) is 0 Å². The second kappa shape index (κ2) is 6.11. The molecule has 0 spiro atoms. The quantitative estimate of drug-likeness (QED) is 0.651. The van der Waals surface area contributed by atoms with Crippen LogP contribution in [0.3, 0.4) is 0 Å². The van der Waals surface area contributed by atoms with E-state index in [1.807, 2.05) is 13.8 Å². The molecule has 1 rings (SSSR count). The van der Waals surface area contributed by atoms with Crippen LogP contribution in [-0.4, -0.2) is 4.98 Å². The number of nitrogens with zero attached hydrogens (tertiary/aromatic N) is 1. The van der Waals surface area contributed by atoms with E-state index in [9.17, 15) is 8.78 Å². The summed E-state index contributed by atoms with van der Waals surface area (Å²) in [6.07, 6.45) is -1.56. The zero-order chi connectivity index (χ0) is 10.4. The number of halogens is 4. The van der Waals surface area contributed by atoms with Gasteiger partial charge in [-0.3, -0.25) is 0 Å². The van der Waals surface area contributed by atoms with Crippen molar-refractivity contribution in [3.63, 3.8) is 0 Å². The van der Waals surface area contributed by atoms with Crippen molar-refractivity contribution in [2.45, 2.75) is 20.3 Å². The molecule has 0 N–H and O–H groups in total. The van der Waals surface area contributed by atoms with Crippen molar-refractivity contribution < 1.29 is 8.78 Å². The number of aromatic nitrogens is 1. The number of hydrogen-bond donors (Lipinski definition) is 0. The molecule has 74 valence electrons. The summed E-state index contributed by atoms with van der Waals surface area (Å²) in [5.41, 5.74) is -0.223. The van der Waals surface area contributed by atoms with E-state index in [0.717, 1.165) is 12.3 Å². The van der Waals surface area contributed by atoms with Crippen LogP contribution in [0.1, 0.15) is 25.8 Å². The molecule has 1 heterocycles. The number of pyridine rings is 1. The second-order valence-corrected chi connectivity index (χ2v) is 2.61. The SMILES string of the molecule is CC.FC(F)c1cnc(Cl)c(Cl)c1. The normalized spacial score (nSPS) is 9.46. The third kappa shape index (κ3) is 3.87. The average Bonchev–Trinajstić information content (AvgIpc) is 2.13. The van der Waals surface area contributed by atoms with E-state index in [4.69, 9.17) is 23.2 Å². The first kappa shape index (κ1) is 12.6. The Morgan fingerprint density at radius 1 is 1.31 bits per heavy atom. The van der Waals surface area contributed by atoms with Crippen LogP contribution >= 0.6 is 23.2 Å². The Kier molecular flexibility index (Phi) is 5.91. The first-order valence-electron chi connectivity index (χ1n) is 3.70. The van der Waals surface area contributed by atoms with Crippen LogP contribution in [0.25, 0.3) is 0 Å². The third-order valence-corrected chi connectivity index (χ3v) is 1.76. The molecule has 0 aromatic carbocycles. The van der Waals surface area contributed by atoms with Crippen LogP contribution in [0.5, 0.6) is 0 Å². The second-order valence-electron chi connectivity index (χ2n) is 1.84. The maximum Gasteiger partial charge on any atom is 0.265 e. The molecule has 1 nitrogen and oxygen atoms in total. The summed E-state index contributed by atoms with van der Waals surface area (Å²) in [6.45, 7) is 4.00. The van der Waals surface area contributed by atoms with Crippen LogP contribution in [0.4, 0.5) is 8.78 Å². The van der Waals surface area contributed by atoms with Crippen molar-refractivity contribution in [2.24, 2.45) is 0 Å². The summed E-state index contributed by atoms with van der Waals surface area (Å²) in [5, 5.41) is 0.0838. The minimum Gasteiger partial charge on any atom is -0.242 e. The molecule has 0 saturated carbocycles. The minimum absolute atomic E-state index is 0.0380. The van der Waals surface area contributed by atoms with Crippen molar-refractivity contribution in [3.05, 3.63) is 28.0 Å². The first-order valence-corrected chi connectivity index (χ1v) is 4.46. The predicted octanol–water partition coefficient (Wildman–Crippen LogP) is 4.35. The van der Waals surface area contributed by atoms with Crippen molar-refractivity contribution in [1.82, 2.24) is 4.98 Å². The standard InChI is InChI=1S/C6H3Cl2F2N.C2H6/c7-4-1-3(6(9)10)2-11-5(4)8;1-2/h1-2,6H;1-2H3. The van der Waals surface area contributed by atoms with Gasteiger partial charge in [0.25, 0.3) is 6.43 Å². The Balaban J connectivity index is 0.000000671. The molecule has 13 heavy (non-hydrogen) atoms. The molecule has 0 aliphatic rings. The van der Waals surface area contributed by atoms with E-state index < -0.39 is 6.43 Å². The van der Waals surface area contributed by atoms with Gasteiger partial charge in [0.05, 0.1) is 5.02 Å². The monoisotopic (exact) mass is 227 g/mol. The number of alkyl halides is 2. The zero-order valence-electron chi connectivity index (χ0n) is 7.19. The van der Waals surface area contributed by atoms with Gasteiger partial charge in [-0.1, -0.05) is 37.0 Å². The molecule has 0 saturated heterocycles. The number of hydrogen-bond acceptors (Lipinski definition) is 1. The fourth-order valence-corrected chi connectivity index (χ4v) is 0.833. The van der Waals surface area contributed by atoms with E-state index in [-0.39, 0.29) is 15.7 Å². The molecule has 0 aliphatic heterocycles. The molecule has 1 aromatic heterocycles. The zero-order valence-corrected chi connectivity index (χ0v) is 8.70. The Morgan fingerprint density at radius 3 is 2.23 bits per heavy atom. The molecule has 0 fully saturated rings. The fraction of sp³-hybridized carbons (Fsp3) is 0.375. The molecule has 0 amide bonds. The van der Waals surface area contributed by atoms with Gasteiger partial charge in [0, 0.05) is 11.8 Å². The molecule has 0 bridgehead atoms. The summed E-state index contributed by atoms with van der Waals surface area (Å²) < 4.78 is 23.9. The van der Waals surface area contributed by atoms with Gasteiger partial charge in [-0.05, 0) is 6.07 Å². The smallest absolute Gasteiger partial charge is 0.242 e. The Bertz CT molecular complexity index is 266. The fourth-order valence-electron chi connectivity index (χ4n) is 0.555. The summed E-state index contributed by atoms with van der Waals surface area (Å²) in [6, 6.07) is 1.10. The lowest BCUT2D eigenvalue weighted by molar-refractivity contribution is 0.151. The van der Waals surface area contributed by atoms with Crippen LogP contribution in [0.2, 0.25) is 10.2 Å². The molecular weight excluding hydrogens is 219 g/mol. The Hall–Kier alpha value is -0.410. The summed E-state index contributed by atoms with van der Waals surface area (Å²) in [4.78, 5) is 3.45. The van der Waals surface area contributed by atoms with Crippen molar-refractivity contribution >= 4 is 23.2 Å². The third-order valence-electron chi connectivity index (χ3n) is 1.07. The van der Waals surface area contributed by atoms with E-state index >= 15 is 0 Å². The largest absolute Gasteiger partial charge is 0.265 e. The highest BCUT2D eigenvalue weighted by Crippen LogP contribution is 2.25. The van der Waals surface area contributed by atoms with Crippen molar-refractivity contribution in [1.29, 1.82) is 0 Å². The molecule has 0 radical (unpaired) electrons. The topological polar surface area (TPSA) is 12.9 Å². The first-order chi connectivity index (χ1) is 6.11. The van der Waals surface area contributed by atoms with E-state index in [1.165, 1.54) is 0 Å². The average molecular weight is 228 g/mol. The highest BCUT2D eigenvalue weighted by Gasteiger charge is 2.09. The lowest BCUT2D eigenvalue weighted by atomic mass is 10.3. The van der Waals surface area contributed by atoms with E-state index in [1.54, 1.807) is 0 Å². The lowest BCUT2D eigenvalue weighted by Gasteiger charge is -1.99. The van der Waals surface area contributed by atoms with E-state index in [0.29, 0.717) is 0 Å². The Labute approximate surface area is 85.7 Å². The Morgan fingerprint density at radius 2 is 1.85 bits per heavy atom. The van der Waals surface area contributed by atoms with Crippen molar-refractivity contribution in [3.8, 4) is 0 Å². The van der Waals surface area contributed by atoms with Gasteiger partial charge in [0.15, 0.2) is 0 Å². The molecule has 0 unspecified atom stereocenters. The molecule has 5 heteroatoms. The van der Waals surface area contributed by atoms with Gasteiger partial charge in [-0.25, -0.2) is 13.8 Å². The molecule has 0 aliphatic carbocycles. The molecule has 1 aromatic rings. The predicted molar refractivity (Wildman–Crippen MR) is 50.6 cm³/mol. The van der Waals surface area contributed by atoms with Gasteiger partial charge in [-0.15, -0.1) is 0 Å². The van der Waals surface area contributed by atoms with Crippen LogP contribution in [-0.2, 0) is 0 Å². The van der Waals surface area contributed by atoms with Crippen LogP contribution in [0, 0.1) is 0 Å². The van der Waals surface area contributed by atoms with Crippen molar-refractivity contribution in [2.75, 3.05) is 0 Å². The highest BCUT2D eigenvalue weighted by atomic mass is 35.5. The van der Waals surface area contributed by atoms with Gasteiger partial charge < -0.3 is 0 Å². The number of rotatable bonds is 1. The minimum atomic E-state index is -2.56. The van der Waals surface area contributed by atoms with Gasteiger partial charge in [0.1, 0.15) is 5.15 Å².